The topological polar surface area (TPSA) is 57.8 Å². The average molecular weight is 275 g/mol. The molecule has 1 amide bonds. The number of aryl methyl sites for hydroxylation is 2. The molecule has 0 aliphatic heterocycles. The van der Waals surface area contributed by atoms with Crippen LogP contribution in [0.4, 0.5) is 5.69 Å². The second-order valence-corrected chi connectivity index (χ2v) is 5.26. The molecule has 2 N–H and O–H groups in total. The van der Waals surface area contributed by atoms with Crippen LogP contribution in [0.5, 0.6) is 0 Å². The molecule has 0 radical (unpaired) electrons. The summed E-state index contributed by atoms with van der Waals surface area (Å²) in [6.45, 7) is 3.75. The van der Waals surface area contributed by atoms with E-state index in [1.807, 2.05) is 38.1 Å². The number of rotatable bonds is 4. The molecular weight excluding hydrogens is 258 g/mol. The van der Waals surface area contributed by atoms with Gasteiger partial charge in [-0.05, 0) is 37.8 Å². The number of hydrogen-bond donors (Lipinski definition) is 2. The number of carbonyl (C=O) groups excluding carboxylic acids is 1. The first-order chi connectivity index (χ1) is 9.11. The first-order valence-corrected chi connectivity index (χ1v) is 7.42. The van der Waals surface area contributed by atoms with E-state index in [2.05, 4.69) is 21.8 Å². The van der Waals surface area contributed by atoms with Gasteiger partial charge >= 0.3 is 0 Å². The summed E-state index contributed by atoms with van der Waals surface area (Å²) in [6.07, 6.45) is 2.06. The SMILES string of the molecule is CSCc1ccc(C(=O)Nc2c(C)n[nH]c2C)cc1. The molecule has 0 aliphatic carbocycles. The van der Waals surface area contributed by atoms with Crippen LogP contribution in [0.2, 0.25) is 0 Å². The third-order valence-electron chi connectivity index (χ3n) is 2.89. The summed E-state index contributed by atoms with van der Waals surface area (Å²) in [7, 11) is 0. The number of anilines is 1. The molecular formula is C14H17N3OS. The van der Waals surface area contributed by atoms with Crippen molar-refractivity contribution in [1.29, 1.82) is 0 Å². The molecule has 19 heavy (non-hydrogen) atoms. The van der Waals surface area contributed by atoms with Crippen LogP contribution in [0.15, 0.2) is 24.3 Å². The smallest absolute Gasteiger partial charge is 0.255 e. The van der Waals surface area contributed by atoms with E-state index in [-0.39, 0.29) is 5.91 Å². The maximum absolute atomic E-state index is 12.1. The second kappa shape index (κ2) is 5.93. The summed E-state index contributed by atoms with van der Waals surface area (Å²) < 4.78 is 0. The molecule has 0 saturated carbocycles. The number of H-pyrrole nitrogens is 1. The molecule has 0 fully saturated rings. The zero-order valence-electron chi connectivity index (χ0n) is 11.3. The van der Waals surface area contributed by atoms with Crippen LogP contribution < -0.4 is 5.32 Å². The van der Waals surface area contributed by atoms with Crippen molar-refractivity contribution in [2.45, 2.75) is 19.6 Å². The van der Waals surface area contributed by atoms with Crippen molar-refractivity contribution in [2.75, 3.05) is 11.6 Å². The minimum absolute atomic E-state index is 0.108. The lowest BCUT2D eigenvalue weighted by atomic mass is 10.1. The average Bonchev–Trinajstić information content (AvgIpc) is 2.72. The number of nitrogens with one attached hydrogen (secondary N) is 2. The van der Waals surface area contributed by atoms with Gasteiger partial charge in [-0.2, -0.15) is 16.9 Å². The molecule has 0 unspecified atom stereocenters. The molecule has 100 valence electrons. The lowest BCUT2D eigenvalue weighted by Crippen LogP contribution is -2.12. The maximum Gasteiger partial charge on any atom is 0.255 e. The van der Waals surface area contributed by atoms with Crippen molar-refractivity contribution in [2.24, 2.45) is 0 Å². The van der Waals surface area contributed by atoms with Gasteiger partial charge in [0.2, 0.25) is 0 Å². The van der Waals surface area contributed by atoms with E-state index < -0.39 is 0 Å². The first kappa shape index (κ1) is 13.7. The number of hydrogen-bond acceptors (Lipinski definition) is 3. The van der Waals surface area contributed by atoms with Crippen LogP contribution in [-0.2, 0) is 5.75 Å². The van der Waals surface area contributed by atoms with Crippen molar-refractivity contribution in [3.05, 3.63) is 46.8 Å². The van der Waals surface area contributed by atoms with Crippen molar-refractivity contribution in [3.63, 3.8) is 0 Å². The molecule has 1 aromatic heterocycles. The number of nitrogens with zero attached hydrogens (tertiary/aromatic N) is 1. The van der Waals surface area contributed by atoms with Gasteiger partial charge in [-0.3, -0.25) is 9.89 Å². The Balaban J connectivity index is 2.12. The summed E-state index contributed by atoms with van der Waals surface area (Å²) in [5, 5.41) is 9.80. The molecule has 0 bridgehead atoms. The number of amides is 1. The minimum Gasteiger partial charge on any atom is -0.319 e. The number of thioether (sulfide) groups is 1. The van der Waals surface area contributed by atoms with Crippen molar-refractivity contribution in [3.8, 4) is 0 Å². The van der Waals surface area contributed by atoms with Crippen LogP contribution in [-0.4, -0.2) is 22.4 Å². The van der Waals surface area contributed by atoms with E-state index in [4.69, 9.17) is 0 Å². The quantitative estimate of drug-likeness (QED) is 0.901. The highest BCUT2D eigenvalue weighted by atomic mass is 32.2. The Kier molecular flexibility index (Phi) is 4.27. The summed E-state index contributed by atoms with van der Waals surface area (Å²) in [5.74, 6) is 0.852. The van der Waals surface area contributed by atoms with Crippen LogP contribution in [0.25, 0.3) is 0 Å². The van der Waals surface area contributed by atoms with Crippen LogP contribution >= 0.6 is 11.8 Å². The second-order valence-electron chi connectivity index (χ2n) is 4.39. The number of carbonyl (C=O) groups is 1. The van der Waals surface area contributed by atoms with Gasteiger partial charge in [-0.25, -0.2) is 0 Å². The summed E-state index contributed by atoms with van der Waals surface area (Å²) in [4.78, 5) is 12.1. The van der Waals surface area contributed by atoms with E-state index in [0.29, 0.717) is 5.56 Å². The molecule has 1 heterocycles. The third kappa shape index (κ3) is 3.17. The van der Waals surface area contributed by atoms with E-state index >= 15 is 0 Å². The molecule has 0 saturated heterocycles. The zero-order chi connectivity index (χ0) is 13.8. The molecule has 2 aromatic rings. The maximum atomic E-state index is 12.1. The zero-order valence-corrected chi connectivity index (χ0v) is 12.1. The highest BCUT2D eigenvalue weighted by Crippen LogP contribution is 2.18. The largest absolute Gasteiger partial charge is 0.319 e. The number of aromatic nitrogens is 2. The monoisotopic (exact) mass is 275 g/mol. The summed E-state index contributed by atoms with van der Waals surface area (Å²) >= 11 is 1.76. The fraction of sp³-hybridized carbons (Fsp3) is 0.286. The van der Waals surface area contributed by atoms with E-state index in [0.717, 1.165) is 22.8 Å². The van der Waals surface area contributed by atoms with E-state index in [1.54, 1.807) is 11.8 Å². The number of benzene rings is 1. The van der Waals surface area contributed by atoms with Gasteiger partial charge in [0.15, 0.2) is 0 Å². The Morgan fingerprint density at radius 1 is 1.32 bits per heavy atom. The van der Waals surface area contributed by atoms with Crippen LogP contribution in [0, 0.1) is 13.8 Å². The lowest BCUT2D eigenvalue weighted by molar-refractivity contribution is 0.102. The molecule has 0 aliphatic rings. The van der Waals surface area contributed by atoms with Crippen LogP contribution in [0.3, 0.4) is 0 Å². The lowest BCUT2D eigenvalue weighted by Gasteiger charge is -2.06. The molecule has 2 rings (SSSR count). The first-order valence-electron chi connectivity index (χ1n) is 6.02. The standard InChI is InChI=1S/C14H17N3OS/c1-9-13(10(2)17-16-9)15-14(18)12-6-4-11(5-7-12)8-19-3/h4-7H,8H2,1-3H3,(H,15,18)(H,16,17). The normalized spacial score (nSPS) is 10.5. The minimum atomic E-state index is -0.108. The fourth-order valence-electron chi connectivity index (χ4n) is 1.84. The summed E-state index contributed by atoms with van der Waals surface area (Å²) in [5.41, 5.74) is 4.30. The van der Waals surface area contributed by atoms with Gasteiger partial charge in [0.1, 0.15) is 0 Å². The van der Waals surface area contributed by atoms with E-state index in [1.165, 1.54) is 5.56 Å². The van der Waals surface area contributed by atoms with Crippen LogP contribution in [0.1, 0.15) is 27.3 Å². The van der Waals surface area contributed by atoms with E-state index in [9.17, 15) is 4.79 Å². The number of aromatic amines is 1. The van der Waals surface area contributed by atoms with Crippen molar-refractivity contribution >= 4 is 23.4 Å². The Morgan fingerprint density at radius 2 is 2.00 bits per heavy atom. The Hall–Kier alpha value is -1.75. The molecule has 4 nitrogen and oxygen atoms in total. The van der Waals surface area contributed by atoms with Gasteiger partial charge in [-0.15, -0.1) is 0 Å². The van der Waals surface area contributed by atoms with Gasteiger partial charge in [-0.1, -0.05) is 12.1 Å². The third-order valence-corrected chi connectivity index (χ3v) is 3.52. The van der Waals surface area contributed by atoms with Gasteiger partial charge < -0.3 is 5.32 Å². The molecule has 1 aromatic carbocycles. The van der Waals surface area contributed by atoms with Crippen molar-refractivity contribution < 1.29 is 4.79 Å². The Labute approximate surface area is 117 Å². The Morgan fingerprint density at radius 3 is 2.53 bits per heavy atom. The van der Waals surface area contributed by atoms with Gasteiger partial charge in [0.05, 0.1) is 17.1 Å². The van der Waals surface area contributed by atoms with Gasteiger partial charge in [0.25, 0.3) is 5.91 Å². The van der Waals surface area contributed by atoms with Gasteiger partial charge in [0, 0.05) is 11.3 Å². The molecule has 0 atom stereocenters. The predicted octanol–water partition coefficient (Wildman–Crippen LogP) is 3.14. The highest BCUT2D eigenvalue weighted by Gasteiger charge is 2.11. The molecule has 5 heteroatoms. The van der Waals surface area contributed by atoms with Crippen molar-refractivity contribution in [1.82, 2.24) is 10.2 Å². The fourth-order valence-corrected chi connectivity index (χ4v) is 2.37. The summed E-state index contributed by atoms with van der Waals surface area (Å²) in [6, 6.07) is 7.68. The predicted molar refractivity (Wildman–Crippen MR) is 79.7 cm³/mol. The highest BCUT2D eigenvalue weighted by molar-refractivity contribution is 7.97. The Bertz CT molecular complexity index is 555. The molecule has 0 spiro atoms.